The van der Waals surface area contributed by atoms with Crippen LogP contribution in [0.3, 0.4) is 0 Å². The average molecular weight is 394 g/mol. The first-order valence-corrected chi connectivity index (χ1v) is 13.3. The lowest BCUT2D eigenvalue weighted by Gasteiger charge is -2.23. The third-order valence-electron chi connectivity index (χ3n) is 5.75. The van der Waals surface area contributed by atoms with Gasteiger partial charge in [0.2, 0.25) is 0 Å². The number of rotatable bonds is 3. The highest BCUT2D eigenvalue weighted by Gasteiger charge is 2.32. The Kier molecular flexibility index (Phi) is 4.24. The summed E-state index contributed by atoms with van der Waals surface area (Å²) in [6.45, 7) is 11.2. The van der Waals surface area contributed by atoms with Crippen LogP contribution in [0, 0.1) is 6.92 Å². The fraction of sp³-hybridized carbons (Fsp3) is 0.364. The Balaban J connectivity index is 2.10. The molecule has 28 heavy (non-hydrogen) atoms. The van der Waals surface area contributed by atoms with Crippen LogP contribution in [-0.4, -0.2) is 22.7 Å². The van der Waals surface area contributed by atoms with Gasteiger partial charge >= 0.3 is 0 Å². The number of hydrogen-bond donors (Lipinski definition) is 2. The Bertz CT molecular complexity index is 1180. The van der Waals surface area contributed by atoms with Gasteiger partial charge in [0.15, 0.2) is 0 Å². The van der Waals surface area contributed by atoms with Crippen LogP contribution < -0.4 is 16.5 Å². The molecule has 0 saturated carbocycles. The Labute approximate surface area is 165 Å². The number of hydrogen-bond acceptors (Lipinski definition) is 4. The number of benzene rings is 1. The molecule has 0 aliphatic carbocycles. The number of aromatic nitrogens is 2. The van der Waals surface area contributed by atoms with Crippen LogP contribution in [0.2, 0.25) is 19.6 Å². The predicted octanol–water partition coefficient (Wildman–Crippen LogP) is 3.30. The normalized spacial score (nSPS) is 14.2. The molecule has 1 unspecified atom stereocenters. The molecule has 0 fully saturated rings. The van der Waals surface area contributed by atoms with E-state index in [1.807, 2.05) is 35.8 Å². The second kappa shape index (κ2) is 6.29. The third kappa shape index (κ3) is 2.71. The van der Waals surface area contributed by atoms with Crippen LogP contribution in [0.4, 0.5) is 5.69 Å². The summed E-state index contributed by atoms with van der Waals surface area (Å²) in [4.78, 5) is 18.0. The molecule has 0 radical (unpaired) electrons. The molecule has 3 heterocycles. The van der Waals surface area contributed by atoms with Crippen molar-refractivity contribution in [3.8, 4) is 11.4 Å². The van der Waals surface area contributed by atoms with Gasteiger partial charge in [-0.3, -0.25) is 4.79 Å². The van der Waals surface area contributed by atoms with Crippen molar-refractivity contribution in [2.24, 2.45) is 0 Å². The van der Waals surface area contributed by atoms with Gasteiger partial charge in [-0.15, -0.1) is 0 Å². The molecular formula is C22H27N3O2Si. The summed E-state index contributed by atoms with van der Waals surface area (Å²) < 4.78 is 1.81. The Hall–Kier alpha value is -2.44. The lowest BCUT2D eigenvalue weighted by molar-refractivity contribution is 0.172. The lowest BCUT2D eigenvalue weighted by atomic mass is 10.0. The van der Waals surface area contributed by atoms with Gasteiger partial charge < -0.3 is 15.4 Å². The fourth-order valence-corrected chi connectivity index (χ4v) is 6.50. The van der Waals surface area contributed by atoms with Crippen molar-refractivity contribution in [2.75, 3.05) is 5.73 Å². The molecule has 3 aromatic rings. The molecule has 6 heteroatoms. The van der Waals surface area contributed by atoms with Crippen molar-refractivity contribution in [1.82, 2.24) is 9.55 Å². The first kappa shape index (κ1) is 18.9. The molecule has 146 valence electrons. The smallest absolute Gasteiger partial charge is 0.254 e. The van der Waals surface area contributed by atoms with Crippen LogP contribution in [0.15, 0.2) is 29.1 Å². The number of fused-ring (bicyclic) bond motifs is 4. The quantitative estimate of drug-likeness (QED) is 0.413. The van der Waals surface area contributed by atoms with E-state index in [4.69, 9.17) is 10.7 Å². The van der Waals surface area contributed by atoms with Gasteiger partial charge in [-0.2, -0.15) is 0 Å². The summed E-state index contributed by atoms with van der Waals surface area (Å²) in [5, 5.41) is 12.8. The van der Waals surface area contributed by atoms with Crippen molar-refractivity contribution in [3.05, 3.63) is 51.3 Å². The number of aliphatic hydroxyl groups excluding tert-OH is 1. The SMILES string of the molecule is CCC(O)c1cc2n(c(=O)c1C)Cc1c-2nc2ccc(N)cc2c1[Si](C)(C)C. The maximum Gasteiger partial charge on any atom is 0.254 e. The standard InChI is InChI=1S/C22H27N3O2Si/c1-6-19(26)14-10-18-20-16(11-25(18)22(27)12(14)2)21(28(3,4)5)15-9-13(23)7-8-17(15)24-20/h7-10,19,26H,6,11,23H2,1-5H3. The van der Waals surface area contributed by atoms with Gasteiger partial charge in [-0.25, -0.2) is 4.98 Å². The van der Waals surface area contributed by atoms with Gasteiger partial charge in [0.25, 0.3) is 5.56 Å². The van der Waals surface area contributed by atoms with Crippen molar-refractivity contribution < 1.29 is 5.11 Å². The molecule has 0 saturated heterocycles. The minimum Gasteiger partial charge on any atom is -0.399 e. The van der Waals surface area contributed by atoms with E-state index in [0.29, 0.717) is 24.1 Å². The van der Waals surface area contributed by atoms with Gasteiger partial charge in [-0.05, 0) is 53.9 Å². The Morgan fingerprint density at radius 3 is 2.64 bits per heavy atom. The molecule has 4 rings (SSSR count). The zero-order chi connectivity index (χ0) is 20.4. The molecule has 1 aliphatic rings. The summed E-state index contributed by atoms with van der Waals surface area (Å²) in [7, 11) is -1.75. The second-order valence-corrected chi connectivity index (χ2v) is 13.8. The number of nitrogen functional groups attached to an aromatic ring is 1. The van der Waals surface area contributed by atoms with Crippen molar-refractivity contribution in [2.45, 2.75) is 52.6 Å². The highest BCUT2D eigenvalue weighted by atomic mass is 28.3. The predicted molar refractivity (Wildman–Crippen MR) is 118 cm³/mol. The summed E-state index contributed by atoms with van der Waals surface area (Å²) in [6.07, 6.45) is -0.0689. The van der Waals surface area contributed by atoms with Crippen molar-refractivity contribution in [1.29, 1.82) is 0 Å². The zero-order valence-electron chi connectivity index (χ0n) is 17.1. The number of pyridine rings is 2. The van der Waals surface area contributed by atoms with Crippen molar-refractivity contribution >= 4 is 29.9 Å². The number of nitrogens with two attached hydrogens (primary N) is 1. The van der Waals surface area contributed by atoms with E-state index in [1.165, 1.54) is 5.19 Å². The molecule has 1 aliphatic heterocycles. The van der Waals surface area contributed by atoms with E-state index >= 15 is 0 Å². The molecule has 3 N–H and O–H groups in total. The highest BCUT2D eigenvalue weighted by Crippen LogP contribution is 2.34. The minimum absolute atomic E-state index is 0.0388. The summed E-state index contributed by atoms with van der Waals surface area (Å²) in [6, 6.07) is 7.81. The number of aliphatic hydroxyl groups is 1. The molecule has 2 aromatic heterocycles. The van der Waals surface area contributed by atoms with Crippen molar-refractivity contribution in [3.63, 3.8) is 0 Å². The average Bonchev–Trinajstić information content (AvgIpc) is 2.99. The highest BCUT2D eigenvalue weighted by molar-refractivity contribution is 6.90. The van der Waals surface area contributed by atoms with Crippen LogP contribution in [0.5, 0.6) is 0 Å². The van der Waals surface area contributed by atoms with Crippen LogP contribution >= 0.6 is 0 Å². The number of anilines is 1. The molecule has 0 spiro atoms. The number of nitrogens with zero attached hydrogens (tertiary/aromatic N) is 2. The van der Waals surface area contributed by atoms with E-state index in [1.54, 1.807) is 6.92 Å². The maximum atomic E-state index is 13.1. The second-order valence-electron chi connectivity index (χ2n) is 8.77. The maximum absolute atomic E-state index is 13.1. The molecule has 0 bridgehead atoms. The molecule has 1 aromatic carbocycles. The van der Waals surface area contributed by atoms with Crippen LogP contribution in [0.1, 0.15) is 36.1 Å². The van der Waals surface area contributed by atoms with Gasteiger partial charge in [-0.1, -0.05) is 26.6 Å². The zero-order valence-corrected chi connectivity index (χ0v) is 18.1. The first-order valence-electron chi connectivity index (χ1n) is 9.78. The molecule has 0 amide bonds. The molecule has 1 atom stereocenters. The monoisotopic (exact) mass is 393 g/mol. The van der Waals surface area contributed by atoms with Gasteiger partial charge in [0, 0.05) is 16.6 Å². The van der Waals surface area contributed by atoms with E-state index in [-0.39, 0.29) is 5.56 Å². The van der Waals surface area contributed by atoms with E-state index in [9.17, 15) is 9.90 Å². The van der Waals surface area contributed by atoms with E-state index < -0.39 is 14.2 Å². The van der Waals surface area contributed by atoms with E-state index in [2.05, 4.69) is 19.6 Å². The fourth-order valence-electron chi connectivity index (χ4n) is 4.39. The lowest BCUT2D eigenvalue weighted by Crippen LogP contribution is -2.41. The van der Waals surface area contributed by atoms with Gasteiger partial charge in [0.05, 0.1) is 37.6 Å². The Morgan fingerprint density at radius 1 is 1.29 bits per heavy atom. The van der Waals surface area contributed by atoms with E-state index in [0.717, 1.165) is 33.5 Å². The third-order valence-corrected chi connectivity index (χ3v) is 7.82. The molecular weight excluding hydrogens is 366 g/mol. The van der Waals surface area contributed by atoms with Crippen LogP contribution in [-0.2, 0) is 6.54 Å². The topological polar surface area (TPSA) is 81.1 Å². The summed E-state index contributed by atoms with van der Waals surface area (Å²) in [5.74, 6) is 0. The molecule has 5 nitrogen and oxygen atoms in total. The minimum atomic E-state index is -1.75. The Morgan fingerprint density at radius 2 is 2.00 bits per heavy atom. The summed E-state index contributed by atoms with van der Waals surface area (Å²) in [5.41, 5.74) is 11.8. The first-order chi connectivity index (χ1) is 13.1. The van der Waals surface area contributed by atoms with Gasteiger partial charge in [0.1, 0.15) is 0 Å². The van der Waals surface area contributed by atoms with Crippen LogP contribution in [0.25, 0.3) is 22.3 Å². The summed E-state index contributed by atoms with van der Waals surface area (Å²) >= 11 is 0. The largest absolute Gasteiger partial charge is 0.399 e.